The Bertz CT molecular complexity index is 773. The van der Waals surface area contributed by atoms with Gasteiger partial charge in [0, 0.05) is 17.8 Å². The molecule has 0 aliphatic heterocycles. The van der Waals surface area contributed by atoms with Crippen LogP contribution in [0.2, 0.25) is 0 Å². The molecule has 1 aliphatic carbocycles. The van der Waals surface area contributed by atoms with Gasteiger partial charge in [0.1, 0.15) is 5.75 Å². The predicted octanol–water partition coefficient (Wildman–Crippen LogP) is 6.35. The molecule has 2 aromatic rings. The molecule has 0 spiro atoms. The van der Waals surface area contributed by atoms with Crippen LogP contribution >= 0.6 is 0 Å². The smallest absolute Gasteiger partial charge is 0.119 e. The zero-order valence-electron chi connectivity index (χ0n) is 16.8. The summed E-state index contributed by atoms with van der Waals surface area (Å²) in [5, 5.41) is 0. The highest BCUT2D eigenvalue weighted by atomic mass is 16.5. The Hall–Kier alpha value is -2.09. The maximum Gasteiger partial charge on any atom is 0.119 e. The van der Waals surface area contributed by atoms with Crippen LogP contribution in [0.3, 0.4) is 0 Å². The lowest BCUT2D eigenvalue weighted by atomic mass is 9.81. The molecule has 0 bridgehead atoms. The molecular formula is C24H31NO. The second kappa shape index (κ2) is 8.07. The maximum absolute atomic E-state index is 5.95. The fourth-order valence-corrected chi connectivity index (χ4v) is 3.99. The molecule has 26 heavy (non-hydrogen) atoms. The van der Waals surface area contributed by atoms with Gasteiger partial charge in [0.2, 0.25) is 0 Å². The van der Waals surface area contributed by atoms with Gasteiger partial charge in [0.15, 0.2) is 0 Å². The van der Waals surface area contributed by atoms with Gasteiger partial charge in [-0.3, -0.25) is 4.98 Å². The summed E-state index contributed by atoms with van der Waals surface area (Å²) < 4.78 is 5.95. The monoisotopic (exact) mass is 349 g/mol. The molecule has 0 saturated carbocycles. The summed E-state index contributed by atoms with van der Waals surface area (Å²) in [6.45, 7) is 10.8. The van der Waals surface area contributed by atoms with E-state index in [0.717, 1.165) is 25.0 Å². The zero-order valence-corrected chi connectivity index (χ0v) is 16.8. The van der Waals surface area contributed by atoms with Crippen LogP contribution in [-0.4, -0.2) is 11.1 Å². The number of hydrogen-bond acceptors (Lipinski definition) is 2. The third-order valence-corrected chi connectivity index (χ3v) is 5.32. The topological polar surface area (TPSA) is 22.1 Å². The van der Waals surface area contributed by atoms with Gasteiger partial charge in [0.05, 0.1) is 6.10 Å². The molecule has 0 fully saturated rings. The molecule has 2 heteroatoms. The highest BCUT2D eigenvalue weighted by Gasteiger charge is 2.28. The van der Waals surface area contributed by atoms with Gasteiger partial charge in [0.25, 0.3) is 0 Å². The van der Waals surface area contributed by atoms with Gasteiger partial charge >= 0.3 is 0 Å². The lowest BCUT2D eigenvalue weighted by molar-refractivity contribution is 0.242. The van der Waals surface area contributed by atoms with E-state index in [1.54, 1.807) is 0 Å². The van der Waals surface area contributed by atoms with Gasteiger partial charge in [-0.25, -0.2) is 0 Å². The third-order valence-electron chi connectivity index (χ3n) is 5.32. The minimum absolute atomic E-state index is 0.200. The number of benzene rings is 1. The molecule has 0 radical (unpaired) electrons. The van der Waals surface area contributed by atoms with Crippen LogP contribution < -0.4 is 4.74 Å². The Morgan fingerprint density at radius 1 is 1.15 bits per heavy atom. The minimum atomic E-state index is 0.200. The van der Waals surface area contributed by atoms with E-state index >= 15 is 0 Å². The van der Waals surface area contributed by atoms with Crippen LogP contribution in [0.15, 0.2) is 48.2 Å². The lowest BCUT2D eigenvalue weighted by Gasteiger charge is -2.25. The van der Waals surface area contributed by atoms with Gasteiger partial charge in [-0.15, -0.1) is 0 Å². The van der Waals surface area contributed by atoms with Gasteiger partial charge in [-0.1, -0.05) is 37.6 Å². The van der Waals surface area contributed by atoms with E-state index in [2.05, 4.69) is 71.0 Å². The summed E-state index contributed by atoms with van der Waals surface area (Å²) in [5.41, 5.74) is 6.76. The number of allylic oxidation sites excluding steroid dienone is 2. The van der Waals surface area contributed by atoms with Crippen molar-refractivity contribution in [2.75, 3.05) is 0 Å². The molecule has 1 aromatic carbocycles. The number of hydrogen-bond donors (Lipinski definition) is 0. The fraction of sp³-hybridized carbons (Fsp3) is 0.458. The van der Waals surface area contributed by atoms with Crippen molar-refractivity contribution in [2.24, 2.45) is 0 Å². The van der Waals surface area contributed by atoms with Crippen molar-refractivity contribution in [1.29, 1.82) is 0 Å². The molecule has 0 N–H and O–H groups in total. The van der Waals surface area contributed by atoms with Crippen LogP contribution in [-0.2, 0) is 6.42 Å². The highest BCUT2D eigenvalue weighted by molar-refractivity contribution is 5.45. The first-order valence-corrected chi connectivity index (χ1v) is 9.93. The molecule has 1 aliphatic rings. The fourth-order valence-electron chi connectivity index (χ4n) is 3.99. The van der Waals surface area contributed by atoms with Crippen molar-refractivity contribution >= 4 is 0 Å². The van der Waals surface area contributed by atoms with Crippen molar-refractivity contribution in [3.05, 3.63) is 70.6 Å². The van der Waals surface area contributed by atoms with Crippen molar-refractivity contribution < 1.29 is 4.74 Å². The lowest BCUT2D eigenvalue weighted by Crippen LogP contribution is -2.11. The van der Waals surface area contributed by atoms with E-state index in [1.165, 1.54) is 28.0 Å². The Morgan fingerprint density at radius 2 is 1.96 bits per heavy atom. The molecule has 0 saturated heterocycles. The Labute approximate surface area is 158 Å². The van der Waals surface area contributed by atoms with Crippen LogP contribution in [0.5, 0.6) is 5.75 Å². The van der Waals surface area contributed by atoms with E-state index in [1.807, 2.05) is 6.20 Å². The summed E-state index contributed by atoms with van der Waals surface area (Å²) in [4.78, 5) is 4.77. The number of nitrogens with zero attached hydrogens (tertiary/aromatic N) is 1. The minimum Gasteiger partial charge on any atom is -0.491 e. The second-order valence-corrected chi connectivity index (χ2v) is 7.68. The number of pyridine rings is 1. The van der Waals surface area contributed by atoms with Crippen molar-refractivity contribution in [1.82, 2.24) is 4.98 Å². The maximum atomic E-state index is 5.95. The number of aromatic nitrogens is 1. The van der Waals surface area contributed by atoms with Crippen molar-refractivity contribution in [3.63, 3.8) is 0 Å². The third kappa shape index (κ3) is 4.00. The molecule has 2 atom stereocenters. The molecule has 1 aromatic heterocycles. The largest absolute Gasteiger partial charge is 0.491 e. The van der Waals surface area contributed by atoms with Crippen LogP contribution in [0.25, 0.3) is 0 Å². The Balaban J connectivity index is 2.06. The molecule has 1 heterocycles. The molecule has 3 rings (SSSR count). The van der Waals surface area contributed by atoms with Crippen molar-refractivity contribution in [3.8, 4) is 5.75 Å². The summed E-state index contributed by atoms with van der Waals surface area (Å²) >= 11 is 0. The van der Waals surface area contributed by atoms with Crippen LogP contribution in [0, 0.1) is 6.92 Å². The summed E-state index contributed by atoms with van der Waals surface area (Å²) in [6.07, 6.45) is 7.87. The number of fused-ring (bicyclic) bond motifs is 1. The van der Waals surface area contributed by atoms with Gasteiger partial charge in [-0.2, -0.15) is 0 Å². The van der Waals surface area contributed by atoms with Crippen LogP contribution in [0.4, 0.5) is 0 Å². The summed E-state index contributed by atoms with van der Waals surface area (Å²) in [6, 6.07) is 11.1. The first-order chi connectivity index (χ1) is 12.5. The van der Waals surface area contributed by atoms with E-state index < -0.39 is 0 Å². The number of aryl methyl sites for hydroxylation is 1. The standard InChI is InChI=1S/C24H31NO/c1-6-18-12-19-14-20(26-16(3)4)9-10-22(19)21(7-2)23(13-18)24-11-8-17(5)15-25-24/h8-11,13-16,21,23H,6-7,12H2,1-5H3. The van der Waals surface area contributed by atoms with E-state index in [9.17, 15) is 0 Å². The Morgan fingerprint density at radius 3 is 2.58 bits per heavy atom. The quantitative estimate of drug-likeness (QED) is 0.587. The number of ether oxygens (including phenoxy) is 1. The summed E-state index contributed by atoms with van der Waals surface area (Å²) in [5.74, 6) is 1.78. The highest BCUT2D eigenvalue weighted by Crippen LogP contribution is 2.42. The average molecular weight is 350 g/mol. The molecule has 2 nitrogen and oxygen atoms in total. The van der Waals surface area contributed by atoms with Gasteiger partial charge in [-0.05, 0) is 80.8 Å². The average Bonchev–Trinajstić information content (AvgIpc) is 2.77. The molecule has 0 amide bonds. The summed E-state index contributed by atoms with van der Waals surface area (Å²) in [7, 11) is 0. The number of rotatable bonds is 5. The van der Waals surface area contributed by atoms with Gasteiger partial charge < -0.3 is 4.74 Å². The van der Waals surface area contributed by atoms with Crippen molar-refractivity contribution in [2.45, 2.75) is 71.8 Å². The zero-order chi connectivity index (χ0) is 18.7. The second-order valence-electron chi connectivity index (χ2n) is 7.68. The predicted molar refractivity (Wildman–Crippen MR) is 109 cm³/mol. The van der Waals surface area contributed by atoms with E-state index in [-0.39, 0.29) is 6.10 Å². The van der Waals surface area contributed by atoms with E-state index in [4.69, 9.17) is 9.72 Å². The first kappa shape index (κ1) is 18.7. The molecule has 138 valence electrons. The van der Waals surface area contributed by atoms with Crippen LogP contribution in [0.1, 0.15) is 74.8 Å². The normalized spacial score (nSPS) is 19.7. The first-order valence-electron chi connectivity index (χ1n) is 9.93. The SMILES string of the molecule is CCC1=CC(c2ccc(C)cn2)C(CC)c2ccc(OC(C)C)cc2C1. The Kier molecular flexibility index (Phi) is 5.80. The molecule has 2 unspecified atom stereocenters. The molecular weight excluding hydrogens is 318 g/mol. The van der Waals surface area contributed by atoms with E-state index in [0.29, 0.717) is 11.8 Å².